The van der Waals surface area contributed by atoms with Gasteiger partial charge in [0.25, 0.3) is 0 Å². The van der Waals surface area contributed by atoms with Crippen LogP contribution in [0.1, 0.15) is 10.5 Å². The number of halogens is 1. The molecule has 0 aliphatic heterocycles. The van der Waals surface area contributed by atoms with Gasteiger partial charge in [-0.05, 0) is 12.1 Å². The van der Waals surface area contributed by atoms with Gasteiger partial charge < -0.3 is 15.8 Å². The van der Waals surface area contributed by atoms with Gasteiger partial charge in [-0.15, -0.1) is 0 Å². The maximum atomic E-state index is 13.0. The van der Waals surface area contributed by atoms with E-state index in [0.29, 0.717) is 5.56 Å². The van der Waals surface area contributed by atoms with E-state index in [2.05, 4.69) is 9.97 Å². The number of carboxylic acid groups (broad SMARTS) is 1. The molecule has 1 heterocycles. The maximum absolute atomic E-state index is 13.0. The number of aromatic amines is 1. The Morgan fingerprint density at radius 2 is 2.25 bits per heavy atom. The number of rotatable bonds is 2. The molecule has 82 valence electrons. The molecular formula is C10H8FN3O2. The minimum absolute atomic E-state index is 0.0170. The number of carboxylic acids is 1. The summed E-state index contributed by atoms with van der Waals surface area (Å²) < 4.78 is 13.0. The molecule has 5 nitrogen and oxygen atoms in total. The van der Waals surface area contributed by atoms with E-state index in [9.17, 15) is 9.18 Å². The molecule has 0 radical (unpaired) electrons. The quantitative estimate of drug-likeness (QED) is 0.716. The molecule has 0 aliphatic rings. The third-order valence-corrected chi connectivity index (χ3v) is 2.03. The van der Waals surface area contributed by atoms with Crippen LogP contribution in [0.2, 0.25) is 0 Å². The average molecular weight is 221 g/mol. The van der Waals surface area contributed by atoms with Crippen molar-refractivity contribution in [1.82, 2.24) is 9.97 Å². The molecule has 1 aromatic carbocycles. The van der Waals surface area contributed by atoms with Crippen molar-refractivity contribution in [2.45, 2.75) is 0 Å². The molecule has 0 aliphatic carbocycles. The summed E-state index contributed by atoms with van der Waals surface area (Å²) in [6.07, 6.45) is 0. The van der Waals surface area contributed by atoms with Gasteiger partial charge in [-0.2, -0.15) is 0 Å². The van der Waals surface area contributed by atoms with E-state index in [4.69, 9.17) is 10.8 Å². The first-order valence-corrected chi connectivity index (χ1v) is 4.42. The molecule has 0 spiro atoms. The fourth-order valence-electron chi connectivity index (χ4n) is 1.39. The van der Waals surface area contributed by atoms with Crippen molar-refractivity contribution in [3.8, 4) is 11.3 Å². The van der Waals surface area contributed by atoms with Crippen LogP contribution in [0, 0.1) is 5.82 Å². The van der Waals surface area contributed by atoms with Crippen LogP contribution in [-0.4, -0.2) is 21.0 Å². The lowest BCUT2D eigenvalue weighted by Gasteiger charge is -1.98. The summed E-state index contributed by atoms with van der Waals surface area (Å²) in [5, 5.41) is 8.89. The van der Waals surface area contributed by atoms with Gasteiger partial charge in [0.05, 0.1) is 0 Å². The molecule has 0 unspecified atom stereocenters. The highest BCUT2D eigenvalue weighted by Gasteiger charge is 2.16. The van der Waals surface area contributed by atoms with E-state index in [-0.39, 0.29) is 17.3 Å². The van der Waals surface area contributed by atoms with Crippen molar-refractivity contribution in [2.24, 2.45) is 0 Å². The average Bonchev–Trinajstić information content (AvgIpc) is 2.60. The summed E-state index contributed by atoms with van der Waals surface area (Å²) in [6, 6.07) is 5.49. The molecule has 6 heteroatoms. The molecule has 16 heavy (non-hydrogen) atoms. The van der Waals surface area contributed by atoms with Crippen molar-refractivity contribution in [2.75, 3.05) is 5.73 Å². The number of carbonyl (C=O) groups is 1. The van der Waals surface area contributed by atoms with E-state index < -0.39 is 11.8 Å². The molecule has 0 amide bonds. The van der Waals surface area contributed by atoms with Crippen molar-refractivity contribution in [3.63, 3.8) is 0 Å². The van der Waals surface area contributed by atoms with Crippen molar-refractivity contribution < 1.29 is 14.3 Å². The molecular weight excluding hydrogens is 213 g/mol. The molecule has 2 aromatic rings. The van der Waals surface area contributed by atoms with Gasteiger partial charge >= 0.3 is 5.97 Å². The van der Waals surface area contributed by atoms with Gasteiger partial charge in [0.15, 0.2) is 11.6 Å². The Balaban J connectivity index is 2.59. The third-order valence-electron chi connectivity index (χ3n) is 2.03. The van der Waals surface area contributed by atoms with Gasteiger partial charge in [-0.25, -0.2) is 14.2 Å². The third kappa shape index (κ3) is 1.72. The summed E-state index contributed by atoms with van der Waals surface area (Å²) in [5.74, 6) is -1.67. The summed E-state index contributed by atoms with van der Waals surface area (Å²) in [5.41, 5.74) is 5.71. The second kappa shape index (κ2) is 3.65. The summed E-state index contributed by atoms with van der Waals surface area (Å²) >= 11 is 0. The highest BCUT2D eigenvalue weighted by Crippen LogP contribution is 2.23. The number of hydrogen-bond acceptors (Lipinski definition) is 3. The zero-order valence-electron chi connectivity index (χ0n) is 8.07. The topological polar surface area (TPSA) is 92.0 Å². The second-order valence-electron chi connectivity index (χ2n) is 3.16. The lowest BCUT2D eigenvalue weighted by atomic mass is 10.1. The molecule has 0 bridgehead atoms. The van der Waals surface area contributed by atoms with Crippen LogP contribution in [0.3, 0.4) is 0 Å². The van der Waals surface area contributed by atoms with Gasteiger partial charge in [0.2, 0.25) is 0 Å². The van der Waals surface area contributed by atoms with E-state index in [1.165, 1.54) is 18.2 Å². The molecule has 1 aromatic heterocycles. The van der Waals surface area contributed by atoms with Crippen molar-refractivity contribution >= 4 is 11.9 Å². The van der Waals surface area contributed by atoms with E-state index in [1.54, 1.807) is 6.07 Å². The largest absolute Gasteiger partial charge is 0.477 e. The SMILES string of the molecule is Nc1nc(-c2cccc(F)c2)c(C(=O)O)[nH]1. The number of nitrogen functional groups attached to an aromatic ring is 1. The molecule has 0 atom stereocenters. The Labute approximate surface area is 89.7 Å². The number of anilines is 1. The first-order chi connectivity index (χ1) is 7.58. The predicted octanol–water partition coefficient (Wildman–Crippen LogP) is 1.50. The minimum atomic E-state index is -1.19. The van der Waals surface area contributed by atoms with Gasteiger partial charge in [0.1, 0.15) is 11.5 Å². The van der Waals surface area contributed by atoms with Crippen molar-refractivity contribution in [1.29, 1.82) is 0 Å². The normalized spacial score (nSPS) is 10.3. The Kier molecular flexibility index (Phi) is 2.32. The maximum Gasteiger partial charge on any atom is 0.354 e. The van der Waals surface area contributed by atoms with E-state index >= 15 is 0 Å². The van der Waals surface area contributed by atoms with Crippen LogP contribution in [0.5, 0.6) is 0 Å². The van der Waals surface area contributed by atoms with Gasteiger partial charge in [-0.3, -0.25) is 0 Å². The Hall–Kier alpha value is -2.37. The zero-order chi connectivity index (χ0) is 11.7. The molecule has 4 N–H and O–H groups in total. The standard InChI is InChI=1S/C10H8FN3O2/c11-6-3-1-2-5(4-6)7-8(9(15)16)14-10(12)13-7/h1-4H,(H,15,16)(H3,12,13,14). The Bertz CT molecular complexity index is 551. The summed E-state index contributed by atoms with van der Waals surface area (Å²) in [7, 11) is 0. The van der Waals surface area contributed by atoms with Crippen LogP contribution in [0.25, 0.3) is 11.3 Å². The number of nitrogens with one attached hydrogen (secondary N) is 1. The van der Waals surface area contributed by atoms with Crippen LogP contribution >= 0.6 is 0 Å². The second-order valence-corrected chi connectivity index (χ2v) is 3.16. The Morgan fingerprint density at radius 1 is 1.50 bits per heavy atom. The smallest absolute Gasteiger partial charge is 0.354 e. The zero-order valence-corrected chi connectivity index (χ0v) is 8.07. The van der Waals surface area contributed by atoms with Crippen LogP contribution in [0.4, 0.5) is 10.3 Å². The summed E-state index contributed by atoms with van der Waals surface area (Å²) in [6.45, 7) is 0. The van der Waals surface area contributed by atoms with Crippen LogP contribution in [0.15, 0.2) is 24.3 Å². The fourth-order valence-corrected chi connectivity index (χ4v) is 1.39. The van der Waals surface area contributed by atoms with E-state index in [0.717, 1.165) is 0 Å². The lowest BCUT2D eigenvalue weighted by molar-refractivity contribution is 0.0692. The summed E-state index contributed by atoms with van der Waals surface area (Å²) in [4.78, 5) is 17.1. The number of nitrogens with two attached hydrogens (primary N) is 1. The number of imidazole rings is 1. The fraction of sp³-hybridized carbons (Fsp3) is 0. The molecule has 0 saturated heterocycles. The first kappa shape index (κ1) is 10.2. The first-order valence-electron chi connectivity index (χ1n) is 4.42. The highest BCUT2D eigenvalue weighted by atomic mass is 19.1. The Morgan fingerprint density at radius 3 is 2.88 bits per heavy atom. The molecule has 0 fully saturated rings. The number of H-pyrrole nitrogens is 1. The minimum Gasteiger partial charge on any atom is -0.477 e. The number of aromatic nitrogens is 2. The monoisotopic (exact) mass is 221 g/mol. The number of benzene rings is 1. The predicted molar refractivity (Wildman–Crippen MR) is 55.4 cm³/mol. The van der Waals surface area contributed by atoms with Gasteiger partial charge in [-0.1, -0.05) is 12.1 Å². The number of nitrogens with zero attached hydrogens (tertiary/aromatic N) is 1. The van der Waals surface area contributed by atoms with E-state index in [1.807, 2.05) is 0 Å². The van der Waals surface area contributed by atoms with Crippen LogP contribution < -0.4 is 5.73 Å². The number of hydrogen-bond donors (Lipinski definition) is 3. The highest BCUT2D eigenvalue weighted by molar-refractivity contribution is 5.93. The number of aromatic carboxylic acids is 1. The van der Waals surface area contributed by atoms with Crippen LogP contribution in [-0.2, 0) is 0 Å². The molecule has 0 saturated carbocycles. The molecule has 2 rings (SSSR count). The van der Waals surface area contributed by atoms with Crippen molar-refractivity contribution in [3.05, 3.63) is 35.8 Å². The lowest BCUT2D eigenvalue weighted by Crippen LogP contribution is -1.99. The van der Waals surface area contributed by atoms with Gasteiger partial charge in [0, 0.05) is 5.56 Å².